The Labute approximate surface area is 103 Å². The van der Waals surface area contributed by atoms with Crippen molar-refractivity contribution >= 4 is 5.91 Å². The van der Waals surface area contributed by atoms with Crippen LogP contribution in [0.1, 0.15) is 36.0 Å². The summed E-state index contributed by atoms with van der Waals surface area (Å²) in [5, 5.41) is 6.45. The Kier molecular flexibility index (Phi) is 4.56. The maximum atomic E-state index is 11.8. The number of carbonyl (C=O) groups excluding carboxylic acids is 1. The summed E-state index contributed by atoms with van der Waals surface area (Å²) < 4.78 is 0. The van der Waals surface area contributed by atoms with Crippen LogP contribution in [-0.4, -0.2) is 25.0 Å². The molecule has 17 heavy (non-hydrogen) atoms. The molecule has 3 heteroatoms. The lowest BCUT2D eigenvalue weighted by molar-refractivity contribution is 0.0951. The van der Waals surface area contributed by atoms with E-state index in [0.29, 0.717) is 6.04 Å². The zero-order valence-electron chi connectivity index (χ0n) is 10.1. The number of benzene rings is 1. The van der Waals surface area contributed by atoms with Gasteiger partial charge in [-0.15, -0.1) is 0 Å². The molecule has 1 saturated heterocycles. The SMILES string of the molecule is O=C(NCC[C@@H]1CCCCN1)c1ccccc1. The van der Waals surface area contributed by atoms with Gasteiger partial charge in [0.05, 0.1) is 0 Å². The van der Waals surface area contributed by atoms with Crippen molar-refractivity contribution in [3.05, 3.63) is 35.9 Å². The van der Waals surface area contributed by atoms with Gasteiger partial charge in [-0.2, -0.15) is 0 Å². The molecule has 0 spiro atoms. The first-order valence-electron chi connectivity index (χ1n) is 6.43. The first kappa shape index (κ1) is 12.1. The van der Waals surface area contributed by atoms with Crippen molar-refractivity contribution in [2.45, 2.75) is 31.7 Å². The minimum absolute atomic E-state index is 0.0291. The molecule has 0 unspecified atom stereocenters. The minimum atomic E-state index is 0.0291. The molecule has 1 atom stereocenters. The van der Waals surface area contributed by atoms with Crippen LogP contribution in [-0.2, 0) is 0 Å². The topological polar surface area (TPSA) is 41.1 Å². The Morgan fingerprint density at radius 2 is 2.12 bits per heavy atom. The van der Waals surface area contributed by atoms with E-state index in [0.717, 1.165) is 25.1 Å². The van der Waals surface area contributed by atoms with Gasteiger partial charge in [0.1, 0.15) is 0 Å². The van der Waals surface area contributed by atoms with E-state index < -0.39 is 0 Å². The van der Waals surface area contributed by atoms with Gasteiger partial charge in [0, 0.05) is 18.2 Å². The van der Waals surface area contributed by atoms with Gasteiger partial charge in [-0.05, 0) is 37.9 Å². The van der Waals surface area contributed by atoms with Gasteiger partial charge in [-0.1, -0.05) is 24.6 Å². The highest BCUT2D eigenvalue weighted by Crippen LogP contribution is 2.09. The van der Waals surface area contributed by atoms with E-state index in [9.17, 15) is 4.79 Å². The number of amides is 1. The summed E-state index contributed by atoms with van der Waals surface area (Å²) in [5.74, 6) is 0.0291. The number of rotatable bonds is 4. The molecule has 1 fully saturated rings. The Hall–Kier alpha value is -1.35. The van der Waals surface area contributed by atoms with Crippen molar-refractivity contribution in [2.75, 3.05) is 13.1 Å². The lowest BCUT2D eigenvalue weighted by Crippen LogP contribution is -2.37. The van der Waals surface area contributed by atoms with Crippen LogP contribution in [0.2, 0.25) is 0 Å². The van der Waals surface area contributed by atoms with Gasteiger partial charge in [-0.3, -0.25) is 4.79 Å². The van der Waals surface area contributed by atoms with Crippen molar-refractivity contribution in [2.24, 2.45) is 0 Å². The maximum absolute atomic E-state index is 11.8. The van der Waals surface area contributed by atoms with Crippen LogP contribution >= 0.6 is 0 Å². The largest absolute Gasteiger partial charge is 0.352 e. The molecular weight excluding hydrogens is 212 g/mol. The van der Waals surface area contributed by atoms with Crippen molar-refractivity contribution in [1.29, 1.82) is 0 Å². The molecule has 0 saturated carbocycles. The third-order valence-electron chi connectivity index (χ3n) is 3.23. The molecule has 1 aliphatic rings. The molecule has 3 nitrogen and oxygen atoms in total. The average Bonchev–Trinajstić information content (AvgIpc) is 2.41. The summed E-state index contributed by atoms with van der Waals surface area (Å²) in [5.41, 5.74) is 0.740. The van der Waals surface area contributed by atoms with Crippen LogP contribution in [0.3, 0.4) is 0 Å². The molecule has 0 aliphatic carbocycles. The Morgan fingerprint density at radius 3 is 2.82 bits per heavy atom. The smallest absolute Gasteiger partial charge is 0.251 e. The van der Waals surface area contributed by atoms with E-state index in [1.54, 1.807) is 0 Å². The number of piperidine rings is 1. The predicted octanol–water partition coefficient (Wildman–Crippen LogP) is 1.95. The lowest BCUT2D eigenvalue weighted by atomic mass is 10.0. The summed E-state index contributed by atoms with van der Waals surface area (Å²) in [7, 11) is 0. The third-order valence-corrected chi connectivity index (χ3v) is 3.23. The minimum Gasteiger partial charge on any atom is -0.352 e. The zero-order valence-corrected chi connectivity index (χ0v) is 10.1. The highest BCUT2D eigenvalue weighted by molar-refractivity contribution is 5.94. The van der Waals surface area contributed by atoms with Gasteiger partial charge in [0.15, 0.2) is 0 Å². The molecule has 0 radical (unpaired) electrons. The monoisotopic (exact) mass is 232 g/mol. The Bertz CT molecular complexity index is 344. The summed E-state index contributed by atoms with van der Waals surface area (Å²) in [6.07, 6.45) is 4.86. The second kappa shape index (κ2) is 6.40. The molecule has 1 heterocycles. The van der Waals surface area contributed by atoms with Crippen LogP contribution < -0.4 is 10.6 Å². The fourth-order valence-electron chi connectivity index (χ4n) is 2.22. The van der Waals surface area contributed by atoms with Crippen LogP contribution in [0.5, 0.6) is 0 Å². The van der Waals surface area contributed by atoms with Crippen molar-refractivity contribution in [3.8, 4) is 0 Å². The Balaban J connectivity index is 1.69. The van der Waals surface area contributed by atoms with Crippen molar-refractivity contribution in [1.82, 2.24) is 10.6 Å². The van der Waals surface area contributed by atoms with E-state index in [2.05, 4.69) is 10.6 Å². The highest BCUT2D eigenvalue weighted by Gasteiger charge is 2.12. The predicted molar refractivity (Wildman–Crippen MR) is 69.0 cm³/mol. The number of hydrogen-bond acceptors (Lipinski definition) is 2. The van der Waals surface area contributed by atoms with Crippen LogP contribution in [0.4, 0.5) is 0 Å². The van der Waals surface area contributed by atoms with E-state index in [1.165, 1.54) is 19.3 Å². The molecule has 92 valence electrons. The maximum Gasteiger partial charge on any atom is 0.251 e. The fraction of sp³-hybridized carbons (Fsp3) is 0.500. The van der Waals surface area contributed by atoms with E-state index in [1.807, 2.05) is 30.3 Å². The average molecular weight is 232 g/mol. The quantitative estimate of drug-likeness (QED) is 0.833. The van der Waals surface area contributed by atoms with Gasteiger partial charge >= 0.3 is 0 Å². The summed E-state index contributed by atoms with van der Waals surface area (Å²) in [6, 6.07) is 9.96. The summed E-state index contributed by atoms with van der Waals surface area (Å²) in [6.45, 7) is 1.88. The second-order valence-electron chi connectivity index (χ2n) is 4.56. The highest BCUT2D eigenvalue weighted by atomic mass is 16.1. The molecule has 2 rings (SSSR count). The Morgan fingerprint density at radius 1 is 1.29 bits per heavy atom. The standard InChI is InChI=1S/C14H20N2O/c17-14(12-6-2-1-3-7-12)16-11-9-13-8-4-5-10-15-13/h1-3,6-7,13,15H,4-5,8-11H2,(H,16,17)/t13-/m0/s1. The van der Waals surface area contributed by atoms with Crippen LogP contribution in [0, 0.1) is 0 Å². The number of hydrogen-bond donors (Lipinski definition) is 2. The van der Waals surface area contributed by atoms with Gasteiger partial charge < -0.3 is 10.6 Å². The molecular formula is C14H20N2O. The zero-order chi connectivity index (χ0) is 11.9. The van der Waals surface area contributed by atoms with Crippen molar-refractivity contribution in [3.63, 3.8) is 0 Å². The van der Waals surface area contributed by atoms with Gasteiger partial charge in [0.25, 0.3) is 5.91 Å². The van der Waals surface area contributed by atoms with Gasteiger partial charge in [-0.25, -0.2) is 0 Å². The molecule has 1 amide bonds. The van der Waals surface area contributed by atoms with E-state index in [4.69, 9.17) is 0 Å². The molecule has 1 aromatic carbocycles. The molecule has 1 aromatic rings. The molecule has 0 bridgehead atoms. The van der Waals surface area contributed by atoms with E-state index in [-0.39, 0.29) is 5.91 Å². The summed E-state index contributed by atoms with van der Waals surface area (Å²) >= 11 is 0. The number of carbonyl (C=O) groups is 1. The second-order valence-corrected chi connectivity index (χ2v) is 4.56. The summed E-state index contributed by atoms with van der Waals surface area (Å²) in [4.78, 5) is 11.8. The van der Waals surface area contributed by atoms with Crippen molar-refractivity contribution < 1.29 is 4.79 Å². The molecule has 2 N–H and O–H groups in total. The molecule has 1 aliphatic heterocycles. The number of nitrogens with one attached hydrogen (secondary N) is 2. The third kappa shape index (κ3) is 3.86. The first-order valence-corrected chi connectivity index (χ1v) is 6.43. The normalized spacial score (nSPS) is 19.9. The van der Waals surface area contributed by atoms with Crippen LogP contribution in [0.25, 0.3) is 0 Å². The van der Waals surface area contributed by atoms with E-state index >= 15 is 0 Å². The molecule has 0 aromatic heterocycles. The van der Waals surface area contributed by atoms with Crippen LogP contribution in [0.15, 0.2) is 30.3 Å². The fourth-order valence-corrected chi connectivity index (χ4v) is 2.22. The lowest BCUT2D eigenvalue weighted by Gasteiger charge is -2.23. The van der Waals surface area contributed by atoms with Gasteiger partial charge in [0.2, 0.25) is 0 Å². The first-order chi connectivity index (χ1) is 8.36.